The third-order valence-electron chi connectivity index (χ3n) is 4.38. The molecular formula is C20H23N3O2. The summed E-state index contributed by atoms with van der Waals surface area (Å²) in [6, 6.07) is 14.5. The number of benzene rings is 2. The van der Waals surface area contributed by atoms with Gasteiger partial charge in [0.2, 0.25) is 0 Å². The zero-order chi connectivity index (χ0) is 17.6. The topological polar surface area (TPSA) is 70.2 Å². The highest BCUT2D eigenvalue weighted by Crippen LogP contribution is 2.27. The number of aryl methyl sites for hydroxylation is 2. The highest BCUT2D eigenvalue weighted by atomic mass is 16.2. The van der Waals surface area contributed by atoms with E-state index in [0.717, 1.165) is 24.1 Å². The molecule has 2 aromatic rings. The van der Waals surface area contributed by atoms with Gasteiger partial charge in [0.1, 0.15) is 6.04 Å². The number of urea groups is 1. The van der Waals surface area contributed by atoms with Crippen LogP contribution in [0.25, 0.3) is 0 Å². The molecule has 0 aliphatic heterocycles. The van der Waals surface area contributed by atoms with Crippen LogP contribution in [0.15, 0.2) is 48.5 Å². The average molecular weight is 337 g/mol. The normalized spacial score (nSPS) is 13.6. The van der Waals surface area contributed by atoms with Gasteiger partial charge < -0.3 is 10.6 Å². The first-order chi connectivity index (χ1) is 12.2. The molecule has 5 nitrogen and oxygen atoms in total. The highest BCUT2D eigenvalue weighted by Gasteiger charge is 2.23. The molecule has 25 heavy (non-hydrogen) atoms. The second-order valence-corrected chi connectivity index (χ2v) is 6.17. The van der Waals surface area contributed by atoms with Gasteiger partial charge in [-0.05, 0) is 55.0 Å². The average Bonchev–Trinajstić information content (AvgIpc) is 3.08. The Hall–Kier alpha value is -2.82. The molecule has 130 valence electrons. The number of anilines is 1. The van der Waals surface area contributed by atoms with Crippen molar-refractivity contribution in [2.24, 2.45) is 0 Å². The second kappa shape index (κ2) is 7.83. The molecule has 0 radical (unpaired) electrons. The molecule has 0 heterocycles. The molecule has 3 amide bonds. The van der Waals surface area contributed by atoms with E-state index in [2.05, 4.69) is 28.1 Å². The Morgan fingerprint density at radius 2 is 1.80 bits per heavy atom. The van der Waals surface area contributed by atoms with Crippen LogP contribution in [0, 0.1) is 0 Å². The van der Waals surface area contributed by atoms with Gasteiger partial charge in [-0.1, -0.05) is 36.4 Å². The van der Waals surface area contributed by atoms with E-state index < -0.39 is 12.1 Å². The Morgan fingerprint density at radius 3 is 2.56 bits per heavy atom. The summed E-state index contributed by atoms with van der Waals surface area (Å²) in [5.41, 5.74) is 4.42. The third-order valence-corrected chi connectivity index (χ3v) is 4.38. The zero-order valence-electron chi connectivity index (χ0n) is 14.3. The van der Waals surface area contributed by atoms with E-state index in [1.807, 2.05) is 43.3 Å². The predicted molar refractivity (Wildman–Crippen MR) is 98.5 cm³/mol. The summed E-state index contributed by atoms with van der Waals surface area (Å²) in [6.07, 6.45) is 3.37. The maximum atomic E-state index is 12.6. The standard InChI is InChI=1S/C20H23N3O2/c1-2-21-20(25)23-19(24)18(15-7-4-3-5-8-15)22-17-12-11-14-9-6-10-16(14)13-17/h3-5,7-8,11-13,18,22H,2,6,9-10H2,1H3,(H2,21,23,24,25)/t18-/m1/s1. The zero-order valence-corrected chi connectivity index (χ0v) is 14.3. The van der Waals surface area contributed by atoms with Crippen molar-refractivity contribution in [2.75, 3.05) is 11.9 Å². The Labute approximate surface area is 147 Å². The van der Waals surface area contributed by atoms with Crippen LogP contribution in [0.3, 0.4) is 0 Å². The maximum Gasteiger partial charge on any atom is 0.321 e. The van der Waals surface area contributed by atoms with Crippen LogP contribution in [0.1, 0.15) is 36.1 Å². The van der Waals surface area contributed by atoms with E-state index in [4.69, 9.17) is 0 Å². The molecule has 0 bridgehead atoms. The SMILES string of the molecule is CCNC(=O)NC(=O)[C@H](Nc1ccc2c(c1)CCC2)c1ccccc1. The molecule has 1 atom stereocenters. The summed E-state index contributed by atoms with van der Waals surface area (Å²) in [5, 5.41) is 8.26. The molecule has 0 fully saturated rings. The summed E-state index contributed by atoms with van der Waals surface area (Å²) in [4.78, 5) is 24.4. The summed E-state index contributed by atoms with van der Waals surface area (Å²) in [7, 11) is 0. The van der Waals surface area contributed by atoms with Crippen LogP contribution in [-0.4, -0.2) is 18.5 Å². The minimum atomic E-state index is -0.636. The lowest BCUT2D eigenvalue weighted by Gasteiger charge is -2.20. The molecule has 0 saturated carbocycles. The van der Waals surface area contributed by atoms with Crippen LogP contribution in [0.2, 0.25) is 0 Å². The number of hydrogen-bond donors (Lipinski definition) is 3. The van der Waals surface area contributed by atoms with Gasteiger partial charge in [-0.2, -0.15) is 0 Å². The van der Waals surface area contributed by atoms with Crippen molar-refractivity contribution in [1.82, 2.24) is 10.6 Å². The predicted octanol–water partition coefficient (Wildman–Crippen LogP) is 3.17. The van der Waals surface area contributed by atoms with Crippen molar-refractivity contribution in [3.05, 3.63) is 65.2 Å². The van der Waals surface area contributed by atoms with Crippen molar-refractivity contribution in [1.29, 1.82) is 0 Å². The van der Waals surface area contributed by atoms with Gasteiger partial charge in [0.15, 0.2) is 0 Å². The van der Waals surface area contributed by atoms with Crippen molar-refractivity contribution < 1.29 is 9.59 Å². The molecule has 1 aliphatic carbocycles. The van der Waals surface area contributed by atoms with Gasteiger partial charge in [0, 0.05) is 12.2 Å². The lowest BCUT2D eigenvalue weighted by Crippen LogP contribution is -2.43. The maximum absolute atomic E-state index is 12.6. The minimum absolute atomic E-state index is 0.377. The quantitative estimate of drug-likeness (QED) is 0.785. The fourth-order valence-electron chi connectivity index (χ4n) is 3.16. The fourth-order valence-corrected chi connectivity index (χ4v) is 3.16. The Balaban J connectivity index is 1.81. The Bertz CT molecular complexity index is 759. The van der Waals surface area contributed by atoms with Crippen LogP contribution >= 0.6 is 0 Å². The second-order valence-electron chi connectivity index (χ2n) is 6.17. The number of carbonyl (C=O) groups is 2. The molecule has 0 spiro atoms. The number of imide groups is 1. The molecule has 0 unspecified atom stereocenters. The molecule has 0 saturated heterocycles. The van der Waals surface area contributed by atoms with Gasteiger partial charge >= 0.3 is 6.03 Å². The monoisotopic (exact) mass is 337 g/mol. The van der Waals surface area contributed by atoms with Crippen molar-refractivity contribution >= 4 is 17.6 Å². The van der Waals surface area contributed by atoms with Gasteiger partial charge in [-0.15, -0.1) is 0 Å². The summed E-state index contributed by atoms with van der Waals surface area (Å²) >= 11 is 0. The van der Waals surface area contributed by atoms with E-state index >= 15 is 0 Å². The van der Waals surface area contributed by atoms with Crippen LogP contribution < -0.4 is 16.0 Å². The number of hydrogen-bond acceptors (Lipinski definition) is 3. The molecule has 0 aromatic heterocycles. The Morgan fingerprint density at radius 1 is 1.04 bits per heavy atom. The summed E-state index contributed by atoms with van der Waals surface area (Å²) in [6.45, 7) is 2.27. The van der Waals surface area contributed by atoms with Gasteiger partial charge in [-0.3, -0.25) is 10.1 Å². The number of carbonyl (C=O) groups excluding carboxylic acids is 2. The molecule has 2 aromatic carbocycles. The van der Waals surface area contributed by atoms with Gasteiger partial charge in [-0.25, -0.2) is 4.79 Å². The largest absolute Gasteiger partial charge is 0.370 e. The van der Waals surface area contributed by atoms with Crippen molar-refractivity contribution in [3.8, 4) is 0 Å². The minimum Gasteiger partial charge on any atom is -0.370 e. The van der Waals surface area contributed by atoms with Crippen LogP contribution in [-0.2, 0) is 17.6 Å². The first-order valence-electron chi connectivity index (χ1n) is 8.69. The lowest BCUT2D eigenvalue weighted by atomic mass is 10.0. The van der Waals surface area contributed by atoms with E-state index in [0.29, 0.717) is 6.54 Å². The summed E-state index contributed by atoms with van der Waals surface area (Å²) < 4.78 is 0. The molecular weight excluding hydrogens is 314 g/mol. The van der Waals surface area contributed by atoms with Crippen molar-refractivity contribution in [2.45, 2.75) is 32.2 Å². The van der Waals surface area contributed by atoms with Crippen LogP contribution in [0.5, 0.6) is 0 Å². The van der Waals surface area contributed by atoms with Crippen molar-refractivity contribution in [3.63, 3.8) is 0 Å². The third kappa shape index (κ3) is 4.18. The smallest absolute Gasteiger partial charge is 0.321 e. The fraction of sp³-hybridized carbons (Fsp3) is 0.300. The molecule has 1 aliphatic rings. The molecule has 3 N–H and O–H groups in total. The van der Waals surface area contributed by atoms with Crippen LogP contribution in [0.4, 0.5) is 10.5 Å². The molecule has 3 rings (SSSR count). The number of nitrogens with one attached hydrogen (secondary N) is 3. The van der Waals surface area contributed by atoms with Gasteiger partial charge in [0.05, 0.1) is 0 Å². The lowest BCUT2D eigenvalue weighted by molar-refractivity contribution is -0.120. The first-order valence-corrected chi connectivity index (χ1v) is 8.69. The highest BCUT2D eigenvalue weighted by molar-refractivity contribution is 5.98. The van der Waals surface area contributed by atoms with E-state index in [9.17, 15) is 9.59 Å². The number of rotatable bonds is 5. The van der Waals surface area contributed by atoms with E-state index in [-0.39, 0.29) is 5.91 Å². The molecule has 5 heteroatoms. The number of fused-ring (bicyclic) bond motifs is 1. The summed E-state index contributed by atoms with van der Waals surface area (Å²) in [5.74, 6) is -0.377. The first kappa shape index (κ1) is 17.0. The van der Waals surface area contributed by atoms with E-state index in [1.165, 1.54) is 17.5 Å². The number of amides is 3. The Kier molecular flexibility index (Phi) is 5.33. The van der Waals surface area contributed by atoms with Gasteiger partial charge in [0.25, 0.3) is 5.91 Å². The van der Waals surface area contributed by atoms with E-state index in [1.54, 1.807) is 0 Å².